The largest absolute Gasteiger partial charge is 0.394 e. The van der Waals surface area contributed by atoms with Crippen molar-refractivity contribution in [3.05, 3.63) is 134 Å². The molecule has 84 heavy (non-hydrogen) atoms. The molecule has 12 unspecified atom stereocenters. The van der Waals surface area contributed by atoms with E-state index in [1.54, 1.807) is 6.08 Å². The monoisotopic (exact) mass is 1180 g/mol. The summed E-state index contributed by atoms with van der Waals surface area (Å²) in [4.78, 5) is 13.2. The Balaban J connectivity index is 1.61. The lowest BCUT2D eigenvalue weighted by Gasteiger charge is -2.46. The summed E-state index contributed by atoms with van der Waals surface area (Å²) in [5.74, 6) is -0.260. The molecule has 0 bridgehead atoms. The first-order chi connectivity index (χ1) is 41.1. The van der Waals surface area contributed by atoms with Gasteiger partial charge in [0.25, 0.3) is 0 Å². The minimum absolute atomic E-state index is 0.260. The fourth-order valence-corrected chi connectivity index (χ4v) is 9.65. The van der Waals surface area contributed by atoms with Crippen molar-refractivity contribution in [2.45, 2.75) is 280 Å². The van der Waals surface area contributed by atoms with Crippen LogP contribution in [0.4, 0.5) is 0 Å². The van der Waals surface area contributed by atoms with Gasteiger partial charge in [-0.1, -0.05) is 231 Å². The number of hydrogen-bond acceptors (Lipinski definition) is 13. The van der Waals surface area contributed by atoms with E-state index in [0.29, 0.717) is 12.8 Å². The molecule has 0 radical (unpaired) electrons. The number of nitrogens with one attached hydrogen (secondary N) is 1. The summed E-state index contributed by atoms with van der Waals surface area (Å²) in [6.45, 7) is 2.61. The normalized spacial score (nSPS) is 24.6. The van der Waals surface area contributed by atoms with E-state index in [1.807, 2.05) is 6.08 Å². The third-order valence-corrected chi connectivity index (χ3v) is 14.8. The van der Waals surface area contributed by atoms with Gasteiger partial charge in [0.1, 0.15) is 48.8 Å². The van der Waals surface area contributed by atoms with E-state index in [-0.39, 0.29) is 18.9 Å². The van der Waals surface area contributed by atoms with E-state index in [9.17, 15) is 45.6 Å². The third-order valence-electron chi connectivity index (χ3n) is 14.8. The molecule has 14 heteroatoms. The van der Waals surface area contributed by atoms with Crippen LogP contribution in [0.25, 0.3) is 0 Å². The highest BCUT2D eigenvalue weighted by Gasteiger charge is 2.51. The van der Waals surface area contributed by atoms with Crippen LogP contribution in [-0.4, -0.2) is 140 Å². The Morgan fingerprint density at radius 3 is 1.31 bits per heavy atom. The Hall–Kier alpha value is -3.87. The lowest BCUT2D eigenvalue weighted by molar-refractivity contribution is -0.359. The predicted molar refractivity (Wildman–Crippen MR) is 341 cm³/mol. The topological polar surface area (TPSA) is 228 Å². The summed E-state index contributed by atoms with van der Waals surface area (Å²) in [5.41, 5.74) is 0. The fourth-order valence-electron chi connectivity index (χ4n) is 9.65. The van der Waals surface area contributed by atoms with Crippen LogP contribution in [0, 0.1) is 0 Å². The maximum absolute atomic E-state index is 13.2. The summed E-state index contributed by atoms with van der Waals surface area (Å²) in [7, 11) is 0. The second kappa shape index (κ2) is 53.4. The molecule has 9 N–H and O–H groups in total. The Morgan fingerprint density at radius 2 is 0.833 bits per heavy atom. The van der Waals surface area contributed by atoms with Gasteiger partial charge in [-0.2, -0.15) is 0 Å². The number of ether oxygens (including phenoxy) is 4. The molecule has 0 aliphatic carbocycles. The maximum Gasteiger partial charge on any atom is 0.220 e. The van der Waals surface area contributed by atoms with Crippen molar-refractivity contribution >= 4 is 5.91 Å². The van der Waals surface area contributed by atoms with Crippen molar-refractivity contribution in [1.82, 2.24) is 5.32 Å². The lowest BCUT2D eigenvalue weighted by atomic mass is 9.97. The number of carbonyl (C=O) groups excluding carboxylic acids is 1. The van der Waals surface area contributed by atoms with E-state index < -0.39 is 86.8 Å². The predicted octanol–water partition coefficient (Wildman–Crippen LogP) is 12.3. The van der Waals surface area contributed by atoms with E-state index in [0.717, 1.165) is 96.3 Å². The van der Waals surface area contributed by atoms with Gasteiger partial charge in [-0.25, -0.2) is 0 Å². The number of carbonyl (C=O) groups is 1. The number of amides is 1. The number of rotatable bonds is 50. The van der Waals surface area contributed by atoms with Gasteiger partial charge in [0.2, 0.25) is 5.91 Å². The second-order valence-electron chi connectivity index (χ2n) is 22.1. The highest BCUT2D eigenvalue weighted by Crippen LogP contribution is 2.30. The van der Waals surface area contributed by atoms with Gasteiger partial charge in [-0.3, -0.25) is 4.79 Å². The molecule has 2 aliphatic rings. The summed E-state index contributed by atoms with van der Waals surface area (Å²) >= 11 is 0. The van der Waals surface area contributed by atoms with Crippen molar-refractivity contribution in [1.29, 1.82) is 0 Å². The van der Waals surface area contributed by atoms with E-state index in [1.165, 1.54) is 77.0 Å². The zero-order valence-electron chi connectivity index (χ0n) is 51.6. The first-order valence-electron chi connectivity index (χ1n) is 32.4. The smallest absolute Gasteiger partial charge is 0.220 e. The molecule has 2 saturated heterocycles. The molecule has 478 valence electrons. The zero-order valence-corrected chi connectivity index (χ0v) is 51.6. The minimum atomic E-state index is -1.80. The molecule has 2 heterocycles. The van der Waals surface area contributed by atoms with Crippen LogP contribution in [0.3, 0.4) is 0 Å². The van der Waals surface area contributed by atoms with Gasteiger partial charge >= 0.3 is 0 Å². The molecule has 2 fully saturated rings. The molecular weight excluding hydrogens is 1060 g/mol. The average molecular weight is 1180 g/mol. The first-order valence-corrected chi connectivity index (χ1v) is 32.4. The molecule has 12 atom stereocenters. The summed E-state index contributed by atoms with van der Waals surface area (Å²) in [5, 5.41) is 87.0. The molecule has 2 rings (SSSR count). The van der Waals surface area contributed by atoms with Crippen molar-refractivity contribution in [3.8, 4) is 0 Å². The third kappa shape index (κ3) is 37.6. The van der Waals surface area contributed by atoms with Crippen LogP contribution < -0.4 is 5.32 Å². The number of aliphatic hydroxyl groups is 8. The van der Waals surface area contributed by atoms with Crippen LogP contribution in [0.15, 0.2) is 134 Å². The summed E-state index contributed by atoms with van der Waals surface area (Å²) in [6, 6.07) is -0.940. The molecule has 0 aromatic heterocycles. The molecule has 0 saturated carbocycles. The van der Waals surface area contributed by atoms with Crippen molar-refractivity contribution in [2.75, 3.05) is 19.8 Å². The van der Waals surface area contributed by atoms with Gasteiger partial charge in [-0.05, 0) is 103 Å². The number of aliphatic hydroxyl groups excluding tert-OH is 8. The van der Waals surface area contributed by atoms with Gasteiger partial charge in [0.05, 0.1) is 32.0 Å². The quantitative estimate of drug-likeness (QED) is 0.0204. The Kier molecular flexibility index (Phi) is 48.4. The molecule has 1 amide bonds. The maximum atomic E-state index is 13.2. The lowest BCUT2D eigenvalue weighted by Crippen LogP contribution is -2.65. The summed E-state index contributed by atoms with van der Waals surface area (Å²) in [6.07, 6.45) is 62.3. The van der Waals surface area contributed by atoms with Gasteiger partial charge in [0, 0.05) is 6.42 Å². The van der Waals surface area contributed by atoms with Gasteiger partial charge in [-0.15, -0.1) is 0 Å². The van der Waals surface area contributed by atoms with Crippen LogP contribution in [0.5, 0.6) is 0 Å². The van der Waals surface area contributed by atoms with Crippen molar-refractivity contribution < 1.29 is 64.6 Å². The van der Waals surface area contributed by atoms with Gasteiger partial charge in [0.15, 0.2) is 12.6 Å². The highest BCUT2D eigenvalue weighted by atomic mass is 16.7. The van der Waals surface area contributed by atoms with E-state index in [2.05, 4.69) is 141 Å². The van der Waals surface area contributed by atoms with Crippen LogP contribution >= 0.6 is 0 Å². The average Bonchev–Trinajstić information content (AvgIpc) is 3.59. The van der Waals surface area contributed by atoms with Crippen LogP contribution in [0.1, 0.15) is 206 Å². The number of hydrogen-bond donors (Lipinski definition) is 9. The second-order valence-corrected chi connectivity index (χ2v) is 22.1. The molecule has 0 aromatic rings. The Bertz CT molecular complexity index is 1920. The zero-order chi connectivity index (χ0) is 60.9. The molecule has 14 nitrogen and oxygen atoms in total. The fraction of sp³-hybridized carbons (Fsp3) is 0.671. The van der Waals surface area contributed by atoms with Crippen LogP contribution in [0.2, 0.25) is 0 Å². The highest BCUT2D eigenvalue weighted by molar-refractivity contribution is 5.76. The van der Waals surface area contributed by atoms with Gasteiger partial charge < -0.3 is 65.1 Å². The van der Waals surface area contributed by atoms with E-state index in [4.69, 9.17) is 18.9 Å². The SMILES string of the molecule is CC/C=C\C/C=C\C/C=C\C/C=C\C/C=C\C/C=C\C/C=C\C/C=C\C/C=C\CCCCCCCCCCCCCC(=O)NC(COC1OC(CO)C(OC2OC(CO)C(O)C(O)C2O)C(O)C1O)C(O)/C=C/CC/C=C/CCCCCCC. The molecule has 2 aliphatic heterocycles. The molecule has 0 spiro atoms. The van der Waals surface area contributed by atoms with Crippen molar-refractivity contribution in [3.63, 3.8) is 0 Å². The standard InChI is InChI=1S/C70H115NO13/c1-3-5-7-9-11-13-15-16-17-18-19-20-21-22-23-24-25-26-27-28-29-30-31-32-33-34-35-36-37-38-39-40-41-42-44-46-48-50-52-54-62(75)71-58(59(74)53-51-49-47-45-43-14-12-10-8-6-4-2)57-81-69-67(80)65(78)68(61(56-73)83-69)84-70-66(79)64(77)63(76)60(55-72)82-70/h5,7,11,13,16-17,19-20,22-23,25-26,28-29,31-32,34-35,43,45,51,53,58-61,63-70,72-74,76-80H,3-4,6,8-10,12,14-15,18,21,24,27,30,33,36-42,44,46-50,52,54-57H2,1-2H3,(H,71,75)/b7-5-,13-11-,17-16-,20-19-,23-22-,26-25-,29-28-,32-31-,35-34-,45-43+,53-51+. The number of allylic oxidation sites excluding steroid dienone is 21. The van der Waals surface area contributed by atoms with E-state index >= 15 is 0 Å². The van der Waals surface area contributed by atoms with Crippen LogP contribution in [-0.2, 0) is 23.7 Å². The van der Waals surface area contributed by atoms with Crippen molar-refractivity contribution in [2.24, 2.45) is 0 Å². The minimum Gasteiger partial charge on any atom is -0.394 e. The molecule has 0 aromatic carbocycles. The first kappa shape index (κ1) is 76.2. The summed E-state index contributed by atoms with van der Waals surface area (Å²) < 4.78 is 22.7. The Labute approximate surface area is 507 Å². The molecular formula is C70H115NO13. The number of unbranched alkanes of at least 4 members (excludes halogenated alkanes) is 17. The Morgan fingerprint density at radius 1 is 0.440 bits per heavy atom.